The molecule has 0 amide bonds. The second-order valence-corrected chi connectivity index (χ2v) is 4.96. The zero-order chi connectivity index (χ0) is 10.7. The van der Waals surface area contributed by atoms with E-state index in [4.69, 9.17) is 5.26 Å². The lowest BCUT2D eigenvalue weighted by molar-refractivity contribution is 1.07. The van der Waals surface area contributed by atoms with E-state index in [-0.39, 0.29) is 0 Å². The number of imidazole rings is 1. The van der Waals surface area contributed by atoms with Crippen LogP contribution in [0.2, 0.25) is 0 Å². The van der Waals surface area contributed by atoms with E-state index in [1.54, 1.807) is 11.8 Å². The highest BCUT2D eigenvalue weighted by atomic mass is 79.9. The molecule has 1 aromatic heterocycles. The van der Waals surface area contributed by atoms with Gasteiger partial charge in [-0.15, -0.1) is 0 Å². The van der Waals surface area contributed by atoms with Gasteiger partial charge in [-0.3, -0.25) is 0 Å². The van der Waals surface area contributed by atoms with Crippen LogP contribution in [0.4, 0.5) is 0 Å². The highest BCUT2D eigenvalue weighted by Crippen LogP contribution is 2.22. The number of nitrogens with one attached hydrogen (secondary N) is 1. The standard InChI is InChI=1S/C10H8BrN3S/c11-7-2-3-8-9(6-7)14-10(13-8)15-5-1-4-12/h2-3,6H,1,5H2,(H,13,14). The fourth-order valence-corrected chi connectivity index (χ4v) is 2.31. The summed E-state index contributed by atoms with van der Waals surface area (Å²) in [5.74, 6) is 0.775. The van der Waals surface area contributed by atoms with E-state index in [2.05, 4.69) is 32.0 Å². The minimum absolute atomic E-state index is 0.547. The van der Waals surface area contributed by atoms with Crippen molar-refractivity contribution in [2.45, 2.75) is 11.6 Å². The quantitative estimate of drug-likeness (QED) is 0.694. The van der Waals surface area contributed by atoms with E-state index in [1.165, 1.54) is 0 Å². The largest absolute Gasteiger partial charge is 0.333 e. The number of nitriles is 1. The molecule has 0 saturated carbocycles. The summed E-state index contributed by atoms with van der Waals surface area (Å²) in [4.78, 5) is 7.61. The van der Waals surface area contributed by atoms with Crippen LogP contribution in [-0.4, -0.2) is 15.7 Å². The molecular weight excluding hydrogens is 274 g/mol. The predicted octanol–water partition coefficient (Wildman–Crippen LogP) is 3.33. The summed E-state index contributed by atoms with van der Waals surface area (Å²) in [5, 5.41) is 9.29. The molecule has 0 aliphatic rings. The number of H-pyrrole nitrogens is 1. The fraction of sp³-hybridized carbons (Fsp3) is 0.200. The van der Waals surface area contributed by atoms with Crippen LogP contribution in [0, 0.1) is 11.3 Å². The van der Waals surface area contributed by atoms with Gasteiger partial charge >= 0.3 is 0 Å². The van der Waals surface area contributed by atoms with Gasteiger partial charge in [0.05, 0.1) is 17.1 Å². The first kappa shape index (κ1) is 10.5. The van der Waals surface area contributed by atoms with Crippen molar-refractivity contribution in [3.05, 3.63) is 22.7 Å². The average molecular weight is 282 g/mol. The summed E-state index contributed by atoms with van der Waals surface area (Å²) in [6, 6.07) is 8.04. The minimum Gasteiger partial charge on any atom is -0.333 e. The molecule has 0 radical (unpaired) electrons. The highest BCUT2D eigenvalue weighted by molar-refractivity contribution is 9.10. The second-order valence-electron chi connectivity index (χ2n) is 2.96. The van der Waals surface area contributed by atoms with Gasteiger partial charge in [-0.1, -0.05) is 27.7 Å². The number of benzene rings is 1. The Balaban J connectivity index is 2.20. The van der Waals surface area contributed by atoms with E-state index in [9.17, 15) is 0 Å². The van der Waals surface area contributed by atoms with Gasteiger partial charge in [0.25, 0.3) is 0 Å². The van der Waals surface area contributed by atoms with Gasteiger partial charge in [0.1, 0.15) is 0 Å². The SMILES string of the molecule is N#CCCSc1nc2ccc(Br)cc2[nH]1. The van der Waals surface area contributed by atoms with Crippen molar-refractivity contribution in [1.82, 2.24) is 9.97 Å². The number of halogens is 1. The van der Waals surface area contributed by atoms with E-state index in [0.29, 0.717) is 6.42 Å². The third-order valence-electron chi connectivity index (χ3n) is 1.87. The molecule has 0 unspecified atom stereocenters. The first-order chi connectivity index (χ1) is 7.29. The first-order valence-electron chi connectivity index (χ1n) is 4.44. The maximum atomic E-state index is 8.42. The maximum Gasteiger partial charge on any atom is 0.166 e. The topological polar surface area (TPSA) is 52.5 Å². The Bertz CT molecular complexity index is 515. The highest BCUT2D eigenvalue weighted by Gasteiger charge is 2.02. The molecule has 2 aromatic rings. The van der Waals surface area contributed by atoms with E-state index in [1.807, 2.05) is 18.2 Å². The molecule has 2 rings (SSSR count). The molecule has 0 saturated heterocycles. The first-order valence-corrected chi connectivity index (χ1v) is 6.22. The molecular formula is C10H8BrN3S. The van der Waals surface area contributed by atoms with Crippen LogP contribution >= 0.6 is 27.7 Å². The van der Waals surface area contributed by atoms with E-state index < -0.39 is 0 Å². The van der Waals surface area contributed by atoms with Gasteiger partial charge in [0.2, 0.25) is 0 Å². The van der Waals surface area contributed by atoms with Crippen molar-refractivity contribution in [3.8, 4) is 6.07 Å². The minimum atomic E-state index is 0.547. The molecule has 1 heterocycles. The molecule has 0 fully saturated rings. The van der Waals surface area contributed by atoms with Gasteiger partial charge in [-0.05, 0) is 18.2 Å². The van der Waals surface area contributed by atoms with E-state index >= 15 is 0 Å². The van der Waals surface area contributed by atoms with Crippen LogP contribution in [0.25, 0.3) is 11.0 Å². The van der Waals surface area contributed by atoms with Crippen LogP contribution in [0.5, 0.6) is 0 Å². The van der Waals surface area contributed by atoms with Gasteiger partial charge in [-0.25, -0.2) is 4.98 Å². The Morgan fingerprint density at radius 2 is 2.40 bits per heavy atom. The van der Waals surface area contributed by atoms with Crippen molar-refractivity contribution in [3.63, 3.8) is 0 Å². The summed E-state index contributed by atoms with van der Waals surface area (Å²) in [6.07, 6.45) is 0.547. The fourth-order valence-electron chi connectivity index (χ4n) is 1.22. The molecule has 3 nitrogen and oxygen atoms in total. The summed E-state index contributed by atoms with van der Waals surface area (Å²) < 4.78 is 1.03. The van der Waals surface area contributed by atoms with Gasteiger partial charge in [0.15, 0.2) is 5.16 Å². The van der Waals surface area contributed by atoms with Crippen LogP contribution in [0.15, 0.2) is 27.8 Å². The Morgan fingerprint density at radius 1 is 1.53 bits per heavy atom. The smallest absolute Gasteiger partial charge is 0.166 e. The summed E-state index contributed by atoms with van der Waals surface area (Å²) >= 11 is 4.98. The zero-order valence-corrected chi connectivity index (χ0v) is 10.2. The molecule has 5 heteroatoms. The molecule has 0 aliphatic carbocycles. The predicted molar refractivity (Wildman–Crippen MR) is 64.7 cm³/mol. The Labute approximate surface area is 100 Å². The Hall–Kier alpha value is -0.990. The van der Waals surface area contributed by atoms with Crippen molar-refractivity contribution < 1.29 is 0 Å². The van der Waals surface area contributed by atoms with Crippen LogP contribution in [0.1, 0.15) is 6.42 Å². The zero-order valence-electron chi connectivity index (χ0n) is 7.83. The normalized spacial score (nSPS) is 10.4. The lowest BCUT2D eigenvalue weighted by Gasteiger charge is -1.89. The number of hydrogen-bond acceptors (Lipinski definition) is 3. The molecule has 0 spiro atoms. The lowest BCUT2D eigenvalue weighted by atomic mass is 10.3. The number of thioether (sulfide) groups is 1. The van der Waals surface area contributed by atoms with Crippen molar-refractivity contribution in [2.24, 2.45) is 0 Å². The molecule has 15 heavy (non-hydrogen) atoms. The summed E-state index contributed by atoms with van der Waals surface area (Å²) in [7, 11) is 0. The number of hydrogen-bond donors (Lipinski definition) is 1. The second kappa shape index (κ2) is 4.69. The Morgan fingerprint density at radius 3 is 3.20 bits per heavy atom. The monoisotopic (exact) mass is 281 g/mol. The Kier molecular flexibility index (Phi) is 3.29. The molecule has 0 atom stereocenters. The number of nitrogens with zero attached hydrogens (tertiary/aromatic N) is 2. The molecule has 76 valence electrons. The number of fused-ring (bicyclic) bond motifs is 1. The molecule has 0 aliphatic heterocycles. The van der Waals surface area contributed by atoms with Crippen LogP contribution < -0.4 is 0 Å². The van der Waals surface area contributed by atoms with Gasteiger partial charge in [-0.2, -0.15) is 5.26 Å². The molecule has 1 N–H and O–H groups in total. The van der Waals surface area contributed by atoms with E-state index in [0.717, 1.165) is 26.4 Å². The van der Waals surface area contributed by atoms with Crippen LogP contribution in [0.3, 0.4) is 0 Å². The lowest BCUT2D eigenvalue weighted by Crippen LogP contribution is -1.78. The van der Waals surface area contributed by atoms with Crippen LogP contribution in [-0.2, 0) is 0 Å². The van der Waals surface area contributed by atoms with Gasteiger partial charge < -0.3 is 4.98 Å². The number of aromatic nitrogens is 2. The molecule has 0 bridgehead atoms. The van der Waals surface area contributed by atoms with Gasteiger partial charge in [0, 0.05) is 16.6 Å². The maximum absolute atomic E-state index is 8.42. The van der Waals surface area contributed by atoms with Crippen molar-refractivity contribution in [1.29, 1.82) is 5.26 Å². The molecule has 1 aromatic carbocycles. The van der Waals surface area contributed by atoms with Crippen molar-refractivity contribution >= 4 is 38.7 Å². The summed E-state index contributed by atoms with van der Waals surface area (Å²) in [5.41, 5.74) is 1.97. The summed E-state index contributed by atoms with van der Waals surface area (Å²) in [6.45, 7) is 0. The number of aromatic amines is 1. The third kappa shape index (κ3) is 2.52. The average Bonchev–Trinajstić information content (AvgIpc) is 2.60. The van der Waals surface area contributed by atoms with Crippen molar-refractivity contribution in [2.75, 3.05) is 5.75 Å². The third-order valence-corrected chi connectivity index (χ3v) is 3.24. The number of rotatable bonds is 3.